The standard InChI is InChI=1S/C21H21FN4O2S/c1-14(27)18(12-15-6-4-3-5-7-15)23-19(28)13-29-21-25-24-20(26(21)2)16-8-10-17(22)11-9-16/h3-11,18H,12-13H2,1-2H3,(H,23,28)/t18-/m1/s1. The number of amides is 1. The molecule has 3 rings (SSSR count). The predicted octanol–water partition coefficient (Wildman–Crippen LogP) is 3.03. The highest BCUT2D eigenvalue weighted by atomic mass is 32.2. The number of rotatable bonds is 8. The zero-order valence-corrected chi connectivity index (χ0v) is 16.9. The Bertz CT molecular complexity index is 990. The van der Waals surface area contributed by atoms with Crippen LogP contribution in [0.1, 0.15) is 12.5 Å². The summed E-state index contributed by atoms with van der Waals surface area (Å²) in [6.45, 7) is 1.47. The number of hydrogen-bond acceptors (Lipinski definition) is 5. The lowest BCUT2D eigenvalue weighted by Gasteiger charge is -2.16. The third-order valence-electron chi connectivity index (χ3n) is 4.38. The zero-order valence-electron chi connectivity index (χ0n) is 16.1. The van der Waals surface area contributed by atoms with Crippen molar-refractivity contribution in [2.75, 3.05) is 5.75 Å². The predicted molar refractivity (Wildman–Crippen MR) is 110 cm³/mol. The molecule has 0 spiro atoms. The highest BCUT2D eigenvalue weighted by Crippen LogP contribution is 2.22. The van der Waals surface area contributed by atoms with Crippen LogP contribution in [-0.4, -0.2) is 38.2 Å². The van der Waals surface area contributed by atoms with Gasteiger partial charge in [-0.25, -0.2) is 4.39 Å². The monoisotopic (exact) mass is 412 g/mol. The molecule has 8 heteroatoms. The van der Waals surface area contributed by atoms with Gasteiger partial charge in [0.1, 0.15) is 5.82 Å². The molecule has 1 amide bonds. The van der Waals surface area contributed by atoms with Gasteiger partial charge in [-0.1, -0.05) is 42.1 Å². The molecule has 150 valence electrons. The molecule has 6 nitrogen and oxygen atoms in total. The van der Waals surface area contributed by atoms with Crippen LogP contribution in [0.5, 0.6) is 0 Å². The van der Waals surface area contributed by atoms with E-state index in [9.17, 15) is 14.0 Å². The van der Waals surface area contributed by atoms with Crippen molar-refractivity contribution in [3.8, 4) is 11.4 Å². The fourth-order valence-electron chi connectivity index (χ4n) is 2.80. The van der Waals surface area contributed by atoms with Gasteiger partial charge in [-0.3, -0.25) is 9.59 Å². The van der Waals surface area contributed by atoms with Gasteiger partial charge in [0.25, 0.3) is 0 Å². The SMILES string of the molecule is CC(=O)[C@@H](Cc1ccccc1)NC(=O)CSc1nnc(-c2ccc(F)cc2)n1C. The van der Waals surface area contributed by atoms with Gasteiger partial charge < -0.3 is 9.88 Å². The van der Waals surface area contributed by atoms with Crippen molar-refractivity contribution in [1.82, 2.24) is 20.1 Å². The summed E-state index contributed by atoms with van der Waals surface area (Å²) in [5.41, 5.74) is 1.72. The van der Waals surface area contributed by atoms with E-state index in [-0.39, 0.29) is 23.3 Å². The van der Waals surface area contributed by atoms with Crippen molar-refractivity contribution < 1.29 is 14.0 Å². The van der Waals surface area contributed by atoms with E-state index in [1.165, 1.54) is 30.8 Å². The van der Waals surface area contributed by atoms with Crippen LogP contribution < -0.4 is 5.32 Å². The van der Waals surface area contributed by atoms with Crippen LogP contribution >= 0.6 is 11.8 Å². The van der Waals surface area contributed by atoms with Crippen LogP contribution in [-0.2, 0) is 23.1 Å². The fourth-order valence-corrected chi connectivity index (χ4v) is 3.53. The van der Waals surface area contributed by atoms with Crippen molar-refractivity contribution >= 4 is 23.5 Å². The highest BCUT2D eigenvalue weighted by Gasteiger charge is 2.19. The Morgan fingerprint density at radius 1 is 1.10 bits per heavy atom. The molecule has 0 bridgehead atoms. The summed E-state index contributed by atoms with van der Waals surface area (Å²) in [6, 6.07) is 15.0. The molecule has 1 heterocycles. The van der Waals surface area contributed by atoms with Crippen LogP contribution in [0.2, 0.25) is 0 Å². The summed E-state index contributed by atoms with van der Waals surface area (Å²) in [7, 11) is 1.78. The second-order valence-corrected chi connectivity index (χ2v) is 7.52. The minimum Gasteiger partial charge on any atom is -0.345 e. The summed E-state index contributed by atoms with van der Waals surface area (Å²) >= 11 is 1.23. The highest BCUT2D eigenvalue weighted by molar-refractivity contribution is 7.99. The van der Waals surface area contributed by atoms with Crippen LogP contribution in [0.15, 0.2) is 59.8 Å². The molecule has 2 aromatic carbocycles. The topological polar surface area (TPSA) is 76.9 Å². The van der Waals surface area contributed by atoms with Crippen molar-refractivity contribution in [2.45, 2.75) is 24.5 Å². The number of nitrogens with zero attached hydrogens (tertiary/aromatic N) is 3. The molecule has 0 saturated heterocycles. The number of aromatic nitrogens is 3. The van der Waals surface area contributed by atoms with Crippen LogP contribution in [0, 0.1) is 5.82 Å². The first-order valence-corrected chi connectivity index (χ1v) is 10.0. The summed E-state index contributed by atoms with van der Waals surface area (Å²) in [5.74, 6) is 0.0202. The zero-order chi connectivity index (χ0) is 20.8. The third-order valence-corrected chi connectivity index (χ3v) is 5.40. The van der Waals surface area contributed by atoms with E-state index in [1.54, 1.807) is 23.7 Å². The number of carbonyl (C=O) groups is 2. The molecule has 0 aliphatic rings. The second kappa shape index (κ2) is 9.47. The summed E-state index contributed by atoms with van der Waals surface area (Å²) in [6.07, 6.45) is 0.450. The summed E-state index contributed by atoms with van der Waals surface area (Å²) < 4.78 is 14.8. The van der Waals surface area contributed by atoms with Gasteiger partial charge in [-0.05, 0) is 43.2 Å². The molecular formula is C21H21FN4O2S. The molecule has 1 N–H and O–H groups in total. The van der Waals surface area contributed by atoms with Crippen molar-refractivity contribution in [2.24, 2.45) is 7.05 Å². The van der Waals surface area contributed by atoms with Gasteiger partial charge in [0.05, 0.1) is 11.8 Å². The Kier molecular flexibility index (Phi) is 6.77. The third kappa shape index (κ3) is 5.51. The molecule has 3 aromatic rings. The Balaban J connectivity index is 1.60. The molecule has 0 aliphatic heterocycles. The molecule has 0 saturated carbocycles. The number of carbonyl (C=O) groups excluding carboxylic acids is 2. The molecule has 1 atom stereocenters. The number of hydrogen-bond donors (Lipinski definition) is 1. The lowest BCUT2D eigenvalue weighted by molar-refractivity contribution is -0.125. The first-order chi connectivity index (χ1) is 13.9. The first kappa shape index (κ1) is 20.7. The molecular weight excluding hydrogens is 391 g/mol. The van der Waals surface area contributed by atoms with Crippen molar-refractivity contribution in [1.29, 1.82) is 0 Å². The fraction of sp³-hybridized carbons (Fsp3) is 0.238. The number of benzene rings is 2. The van der Waals surface area contributed by atoms with E-state index >= 15 is 0 Å². The van der Waals surface area contributed by atoms with Crippen LogP contribution in [0.3, 0.4) is 0 Å². The smallest absolute Gasteiger partial charge is 0.231 e. The van der Waals surface area contributed by atoms with Gasteiger partial charge >= 0.3 is 0 Å². The van der Waals surface area contributed by atoms with Gasteiger partial charge in [0.15, 0.2) is 16.8 Å². The average Bonchev–Trinajstić information content (AvgIpc) is 3.07. The van der Waals surface area contributed by atoms with E-state index in [4.69, 9.17) is 0 Å². The van der Waals surface area contributed by atoms with E-state index in [0.717, 1.165) is 11.1 Å². The molecule has 0 aliphatic carbocycles. The molecule has 0 radical (unpaired) electrons. The van der Waals surface area contributed by atoms with E-state index in [2.05, 4.69) is 15.5 Å². The number of nitrogens with one attached hydrogen (secondary N) is 1. The maximum absolute atomic E-state index is 13.1. The molecule has 1 aromatic heterocycles. The summed E-state index contributed by atoms with van der Waals surface area (Å²) in [4.78, 5) is 24.3. The average molecular weight is 412 g/mol. The van der Waals surface area contributed by atoms with Gasteiger partial charge in [0, 0.05) is 12.6 Å². The van der Waals surface area contributed by atoms with Crippen LogP contribution in [0.4, 0.5) is 4.39 Å². The maximum atomic E-state index is 13.1. The lowest BCUT2D eigenvalue weighted by Crippen LogP contribution is -2.42. The Morgan fingerprint density at radius 2 is 1.79 bits per heavy atom. The molecule has 0 unspecified atom stereocenters. The first-order valence-electron chi connectivity index (χ1n) is 9.06. The Labute approximate surface area is 172 Å². The van der Waals surface area contributed by atoms with E-state index < -0.39 is 6.04 Å². The normalized spacial score (nSPS) is 11.8. The minimum atomic E-state index is -0.570. The largest absolute Gasteiger partial charge is 0.345 e. The summed E-state index contributed by atoms with van der Waals surface area (Å²) in [5, 5.41) is 11.6. The minimum absolute atomic E-state index is 0.0931. The Hall–Kier alpha value is -3.00. The van der Waals surface area contributed by atoms with Gasteiger partial charge in [-0.2, -0.15) is 0 Å². The molecule has 29 heavy (non-hydrogen) atoms. The number of halogens is 1. The van der Waals surface area contributed by atoms with E-state index in [1.807, 2.05) is 30.3 Å². The maximum Gasteiger partial charge on any atom is 0.231 e. The number of Topliss-reactive ketones (excluding diaryl/α,β-unsaturated/α-hetero) is 1. The second-order valence-electron chi connectivity index (χ2n) is 6.58. The van der Waals surface area contributed by atoms with E-state index in [0.29, 0.717) is 17.4 Å². The van der Waals surface area contributed by atoms with Crippen molar-refractivity contribution in [3.05, 3.63) is 66.0 Å². The lowest BCUT2D eigenvalue weighted by atomic mass is 10.0. The van der Waals surface area contributed by atoms with Crippen molar-refractivity contribution in [3.63, 3.8) is 0 Å². The van der Waals surface area contributed by atoms with Crippen LogP contribution in [0.25, 0.3) is 11.4 Å². The number of thioether (sulfide) groups is 1. The quantitative estimate of drug-likeness (QED) is 0.576. The molecule has 0 fully saturated rings. The van der Waals surface area contributed by atoms with Gasteiger partial charge in [-0.15, -0.1) is 10.2 Å². The van der Waals surface area contributed by atoms with Gasteiger partial charge in [0.2, 0.25) is 5.91 Å². The number of ketones is 1. The Morgan fingerprint density at radius 3 is 2.45 bits per heavy atom.